The van der Waals surface area contributed by atoms with Crippen LogP contribution in [0.15, 0.2) is 24.3 Å². The Labute approximate surface area is 123 Å². The summed E-state index contributed by atoms with van der Waals surface area (Å²) >= 11 is 5.78. The number of amides is 1. The number of carboxylic acids is 1. The Morgan fingerprint density at radius 2 is 1.85 bits per heavy atom. The summed E-state index contributed by atoms with van der Waals surface area (Å²) in [5.74, 6) is -0.932. The number of hydrogen-bond donors (Lipinski definition) is 1. The molecule has 0 fully saturated rings. The van der Waals surface area contributed by atoms with Crippen LogP contribution in [0, 0.1) is 0 Å². The van der Waals surface area contributed by atoms with Gasteiger partial charge in [0, 0.05) is 11.6 Å². The van der Waals surface area contributed by atoms with Crippen molar-refractivity contribution in [1.29, 1.82) is 0 Å². The molecule has 0 bridgehead atoms. The van der Waals surface area contributed by atoms with Crippen molar-refractivity contribution < 1.29 is 19.4 Å². The number of hydrogen-bond acceptors (Lipinski definition) is 3. The smallest absolute Gasteiger partial charge is 0.323 e. The number of carboxylic acid groups (broad SMARTS) is 1. The number of halogens is 1. The van der Waals surface area contributed by atoms with Gasteiger partial charge in [-0.05, 0) is 45.0 Å². The number of nitrogens with zero attached hydrogens (tertiary/aromatic N) is 1. The van der Waals surface area contributed by atoms with Gasteiger partial charge in [-0.15, -0.1) is 0 Å². The first-order valence-corrected chi connectivity index (χ1v) is 6.60. The second kappa shape index (κ2) is 6.61. The quantitative estimate of drug-likeness (QED) is 0.876. The van der Waals surface area contributed by atoms with Crippen molar-refractivity contribution in [1.82, 2.24) is 4.90 Å². The maximum absolute atomic E-state index is 12.3. The summed E-state index contributed by atoms with van der Waals surface area (Å²) in [5, 5.41) is 9.37. The zero-order valence-corrected chi connectivity index (χ0v) is 12.5. The molecule has 6 heteroatoms. The van der Waals surface area contributed by atoms with Crippen LogP contribution in [0.25, 0.3) is 0 Å². The van der Waals surface area contributed by atoms with Gasteiger partial charge in [-0.1, -0.05) is 11.6 Å². The lowest BCUT2D eigenvalue weighted by molar-refractivity contribution is -0.151. The Balaban J connectivity index is 2.82. The molecule has 0 radical (unpaired) electrons. The molecular weight excluding hydrogens is 282 g/mol. The molecule has 0 spiro atoms. The zero-order chi connectivity index (χ0) is 15.3. The molecule has 0 aliphatic carbocycles. The average Bonchev–Trinajstić information content (AvgIpc) is 2.37. The molecule has 0 aromatic heterocycles. The van der Waals surface area contributed by atoms with E-state index in [0.29, 0.717) is 17.3 Å². The third-order valence-electron chi connectivity index (χ3n) is 2.70. The Kier molecular flexibility index (Phi) is 5.39. The van der Waals surface area contributed by atoms with Gasteiger partial charge in [-0.3, -0.25) is 9.59 Å². The van der Waals surface area contributed by atoms with E-state index in [1.807, 2.05) is 0 Å². The van der Waals surface area contributed by atoms with Crippen molar-refractivity contribution in [2.24, 2.45) is 0 Å². The number of carbonyl (C=O) groups excluding carboxylic acids is 1. The Morgan fingerprint density at radius 3 is 2.30 bits per heavy atom. The van der Waals surface area contributed by atoms with Crippen molar-refractivity contribution in [3.63, 3.8) is 0 Å². The first-order valence-electron chi connectivity index (χ1n) is 6.22. The Bertz CT molecular complexity index is 484. The predicted octanol–water partition coefficient (Wildman–Crippen LogP) is 2.43. The summed E-state index contributed by atoms with van der Waals surface area (Å²) in [6.45, 7) is 4.89. The van der Waals surface area contributed by atoms with E-state index < -0.39 is 11.6 Å². The molecule has 1 aromatic rings. The van der Waals surface area contributed by atoms with Gasteiger partial charge in [0.05, 0.1) is 0 Å². The van der Waals surface area contributed by atoms with Crippen LogP contribution in [0.4, 0.5) is 0 Å². The topological polar surface area (TPSA) is 66.8 Å². The van der Waals surface area contributed by atoms with Crippen molar-refractivity contribution in [3.05, 3.63) is 29.3 Å². The standard InChI is InChI=1S/C14H18ClNO4/c1-4-16(9-12(17)18)13(19)14(2,3)20-11-7-5-10(15)6-8-11/h5-8H,4,9H2,1-3H3,(H,17,18). The van der Waals surface area contributed by atoms with Crippen LogP contribution in [0.2, 0.25) is 5.02 Å². The number of likely N-dealkylation sites (N-methyl/N-ethyl adjacent to an activating group) is 1. The predicted molar refractivity (Wildman–Crippen MR) is 76.0 cm³/mol. The Morgan fingerprint density at radius 1 is 1.30 bits per heavy atom. The van der Waals surface area contributed by atoms with Crippen LogP contribution in [-0.4, -0.2) is 40.6 Å². The number of benzene rings is 1. The summed E-state index contributed by atoms with van der Waals surface area (Å²) in [4.78, 5) is 24.3. The van der Waals surface area contributed by atoms with E-state index in [0.717, 1.165) is 0 Å². The van der Waals surface area contributed by atoms with E-state index in [-0.39, 0.29) is 12.5 Å². The van der Waals surface area contributed by atoms with Crippen LogP contribution >= 0.6 is 11.6 Å². The lowest BCUT2D eigenvalue weighted by atomic mass is 10.1. The van der Waals surface area contributed by atoms with E-state index in [9.17, 15) is 9.59 Å². The van der Waals surface area contributed by atoms with Crippen molar-refractivity contribution in [3.8, 4) is 5.75 Å². The number of carbonyl (C=O) groups is 2. The highest BCUT2D eigenvalue weighted by Gasteiger charge is 2.34. The van der Waals surface area contributed by atoms with Crippen LogP contribution in [0.5, 0.6) is 5.75 Å². The molecule has 0 atom stereocenters. The summed E-state index contributed by atoms with van der Waals surface area (Å²) in [6.07, 6.45) is 0. The monoisotopic (exact) mass is 299 g/mol. The molecule has 0 heterocycles. The molecule has 0 unspecified atom stereocenters. The largest absolute Gasteiger partial charge is 0.480 e. The minimum absolute atomic E-state index is 0.304. The number of rotatable bonds is 6. The molecule has 1 amide bonds. The van der Waals surface area contributed by atoms with E-state index >= 15 is 0 Å². The minimum Gasteiger partial charge on any atom is -0.480 e. The summed E-state index contributed by atoms with van der Waals surface area (Å²) < 4.78 is 5.64. The minimum atomic E-state index is -1.15. The lowest BCUT2D eigenvalue weighted by Gasteiger charge is -2.30. The zero-order valence-electron chi connectivity index (χ0n) is 11.7. The highest BCUT2D eigenvalue weighted by molar-refractivity contribution is 6.30. The van der Waals surface area contributed by atoms with Gasteiger partial charge in [0.15, 0.2) is 5.60 Å². The van der Waals surface area contributed by atoms with Crippen LogP contribution in [0.1, 0.15) is 20.8 Å². The molecule has 1 rings (SSSR count). The van der Waals surface area contributed by atoms with Gasteiger partial charge in [0.1, 0.15) is 12.3 Å². The van der Waals surface area contributed by atoms with Gasteiger partial charge in [0.2, 0.25) is 0 Å². The first-order chi connectivity index (χ1) is 9.26. The van der Waals surface area contributed by atoms with Gasteiger partial charge in [0.25, 0.3) is 5.91 Å². The van der Waals surface area contributed by atoms with Crippen molar-refractivity contribution in [2.75, 3.05) is 13.1 Å². The molecule has 0 saturated heterocycles. The molecular formula is C14H18ClNO4. The van der Waals surface area contributed by atoms with Crippen LogP contribution in [0.3, 0.4) is 0 Å². The average molecular weight is 300 g/mol. The molecule has 110 valence electrons. The third kappa shape index (κ3) is 4.42. The van der Waals surface area contributed by atoms with E-state index in [4.69, 9.17) is 21.4 Å². The number of ether oxygens (including phenoxy) is 1. The maximum Gasteiger partial charge on any atom is 0.323 e. The van der Waals surface area contributed by atoms with E-state index in [2.05, 4.69) is 0 Å². The van der Waals surface area contributed by atoms with Gasteiger partial charge < -0.3 is 14.7 Å². The van der Waals surface area contributed by atoms with Gasteiger partial charge in [-0.25, -0.2) is 0 Å². The fraction of sp³-hybridized carbons (Fsp3) is 0.429. The van der Waals surface area contributed by atoms with Crippen LogP contribution < -0.4 is 4.74 Å². The van der Waals surface area contributed by atoms with Crippen molar-refractivity contribution in [2.45, 2.75) is 26.4 Å². The molecule has 1 aromatic carbocycles. The lowest BCUT2D eigenvalue weighted by Crippen LogP contribution is -2.50. The fourth-order valence-electron chi connectivity index (χ4n) is 1.71. The second-order valence-electron chi connectivity index (χ2n) is 4.78. The highest BCUT2D eigenvalue weighted by Crippen LogP contribution is 2.22. The third-order valence-corrected chi connectivity index (χ3v) is 2.95. The Hall–Kier alpha value is -1.75. The molecule has 0 aliphatic heterocycles. The highest BCUT2D eigenvalue weighted by atomic mass is 35.5. The van der Waals surface area contributed by atoms with Crippen molar-refractivity contribution >= 4 is 23.5 Å². The normalized spacial score (nSPS) is 11.0. The van der Waals surface area contributed by atoms with E-state index in [1.54, 1.807) is 45.0 Å². The van der Waals surface area contributed by atoms with Gasteiger partial charge >= 0.3 is 5.97 Å². The molecule has 20 heavy (non-hydrogen) atoms. The number of aliphatic carboxylic acids is 1. The van der Waals surface area contributed by atoms with Crippen LogP contribution in [-0.2, 0) is 9.59 Å². The fourth-order valence-corrected chi connectivity index (χ4v) is 1.84. The first kappa shape index (κ1) is 16.3. The molecule has 0 aliphatic rings. The summed E-state index contributed by atoms with van der Waals surface area (Å²) in [6, 6.07) is 6.63. The molecule has 0 saturated carbocycles. The molecule has 5 nitrogen and oxygen atoms in total. The van der Waals surface area contributed by atoms with E-state index in [1.165, 1.54) is 4.90 Å². The molecule has 1 N–H and O–H groups in total. The SMILES string of the molecule is CCN(CC(=O)O)C(=O)C(C)(C)Oc1ccc(Cl)cc1. The van der Waals surface area contributed by atoms with Gasteiger partial charge in [-0.2, -0.15) is 0 Å². The second-order valence-corrected chi connectivity index (χ2v) is 5.22. The summed E-state index contributed by atoms with van der Waals surface area (Å²) in [5.41, 5.74) is -1.15. The summed E-state index contributed by atoms with van der Waals surface area (Å²) in [7, 11) is 0. The maximum atomic E-state index is 12.3.